The quantitative estimate of drug-likeness (QED) is 0.674. The average molecular weight is 416 g/mol. The summed E-state index contributed by atoms with van der Waals surface area (Å²) in [4.78, 5) is 40.2. The second-order valence-electron chi connectivity index (χ2n) is 6.84. The molecule has 3 atom stereocenters. The zero-order valence-electron chi connectivity index (χ0n) is 16.6. The molecule has 3 rings (SSSR count). The van der Waals surface area contributed by atoms with Crippen molar-refractivity contribution in [2.24, 2.45) is 0 Å². The summed E-state index contributed by atoms with van der Waals surface area (Å²) < 4.78 is 10.7. The van der Waals surface area contributed by atoms with Crippen molar-refractivity contribution in [1.29, 1.82) is 0 Å². The van der Waals surface area contributed by atoms with Crippen LogP contribution in [0, 0.1) is 0 Å². The van der Waals surface area contributed by atoms with Gasteiger partial charge in [0, 0.05) is 19.7 Å². The van der Waals surface area contributed by atoms with Gasteiger partial charge in [-0.2, -0.15) is 0 Å². The number of benzene rings is 1. The maximum Gasteiger partial charge on any atom is 0.330 e. The Labute approximate surface area is 174 Å². The summed E-state index contributed by atoms with van der Waals surface area (Å²) in [5.41, 5.74) is 0.992. The van der Waals surface area contributed by atoms with Crippen molar-refractivity contribution in [1.82, 2.24) is 9.80 Å². The summed E-state index contributed by atoms with van der Waals surface area (Å²) in [5.74, 6) is -0.158. The van der Waals surface area contributed by atoms with Gasteiger partial charge in [-0.1, -0.05) is 30.3 Å². The lowest BCUT2D eigenvalue weighted by molar-refractivity contribution is -0.158. The predicted octanol–water partition coefficient (Wildman–Crippen LogP) is 3.00. The number of amides is 2. The van der Waals surface area contributed by atoms with Gasteiger partial charge in [0.25, 0.3) is 5.91 Å². The van der Waals surface area contributed by atoms with E-state index < -0.39 is 12.0 Å². The summed E-state index contributed by atoms with van der Waals surface area (Å²) in [5, 5.41) is -0.378. The minimum Gasteiger partial charge on any atom is -0.466 e. The number of thioether (sulfide) groups is 1. The Hall–Kier alpha value is -2.74. The van der Waals surface area contributed by atoms with Crippen LogP contribution in [0.15, 0.2) is 53.1 Å². The van der Waals surface area contributed by atoms with Gasteiger partial charge in [0.1, 0.15) is 17.2 Å². The Morgan fingerprint density at radius 1 is 1.24 bits per heavy atom. The second-order valence-corrected chi connectivity index (χ2v) is 7.96. The summed E-state index contributed by atoms with van der Waals surface area (Å²) in [7, 11) is 1.67. The van der Waals surface area contributed by atoms with Crippen LogP contribution < -0.4 is 0 Å². The van der Waals surface area contributed by atoms with E-state index in [1.165, 1.54) is 29.8 Å². The van der Waals surface area contributed by atoms with E-state index in [-0.39, 0.29) is 29.8 Å². The molecule has 154 valence electrons. The first kappa shape index (κ1) is 21.0. The molecule has 2 aromatic rings. The van der Waals surface area contributed by atoms with E-state index in [0.717, 1.165) is 5.56 Å². The molecule has 0 radical (unpaired) electrons. The van der Waals surface area contributed by atoms with E-state index in [1.807, 2.05) is 37.3 Å². The van der Waals surface area contributed by atoms with Gasteiger partial charge in [-0.15, -0.1) is 11.8 Å². The van der Waals surface area contributed by atoms with Crippen LogP contribution in [0.1, 0.15) is 36.6 Å². The fraction of sp³-hybridized carbons (Fsp3) is 0.381. The molecule has 7 nitrogen and oxygen atoms in total. The van der Waals surface area contributed by atoms with Gasteiger partial charge in [0.15, 0.2) is 6.61 Å². The lowest BCUT2D eigenvalue weighted by Gasteiger charge is -2.27. The van der Waals surface area contributed by atoms with Crippen molar-refractivity contribution in [2.45, 2.75) is 31.3 Å². The third kappa shape index (κ3) is 4.64. The van der Waals surface area contributed by atoms with Crippen LogP contribution in [-0.4, -0.2) is 53.0 Å². The van der Waals surface area contributed by atoms with E-state index in [0.29, 0.717) is 11.5 Å². The van der Waals surface area contributed by atoms with Crippen molar-refractivity contribution in [2.75, 3.05) is 19.4 Å². The Kier molecular flexibility index (Phi) is 6.64. The van der Waals surface area contributed by atoms with Crippen LogP contribution in [0.4, 0.5) is 0 Å². The predicted molar refractivity (Wildman–Crippen MR) is 109 cm³/mol. The SMILES string of the molecule is CC(=O)N1[C@@H](c2ccco2)SC[C@H]1C(=O)OCC(=O)N(C)[C@H](C)c1ccccc1. The average Bonchev–Trinajstić information content (AvgIpc) is 3.40. The molecule has 1 aromatic carbocycles. The highest BCUT2D eigenvalue weighted by Crippen LogP contribution is 2.41. The van der Waals surface area contributed by atoms with Gasteiger partial charge >= 0.3 is 5.97 Å². The molecule has 1 fully saturated rings. The molecule has 0 aliphatic carbocycles. The summed E-state index contributed by atoms with van der Waals surface area (Å²) in [6.07, 6.45) is 1.53. The number of esters is 1. The minimum atomic E-state index is -0.753. The highest BCUT2D eigenvalue weighted by atomic mass is 32.2. The number of furan rings is 1. The molecule has 1 saturated heterocycles. The van der Waals surface area contributed by atoms with Gasteiger partial charge in [0.2, 0.25) is 5.91 Å². The molecule has 2 heterocycles. The number of likely N-dealkylation sites (N-methyl/N-ethyl adjacent to an activating group) is 1. The Morgan fingerprint density at radius 2 is 1.97 bits per heavy atom. The third-order valence-corrected chi connectivity index (χ3v) is 6.30. The van der Waals surface area contributed by atoms with Crippen LogP contribution in [0.5, 0.6) is 0 Å². The van der Waals surface area contributed by atoms with E-state index >= 15 is 0 Å². The highest BCUT2D eigenvalue weighted by Gasteiger charge is 2.43. The minimum absolute atomic E-state index is 0.151. The number of hydrogen-bond donors (Lipinski definition) is 0. The maximum absolute atomic E-state index is 12.6. The van der Waals surface area contributed by atoms with Gasteiger partial charge in [-0.05, 0) is 24.6 Å². The summed E-state index contributed by atoms with van der Waals surface area (Å²) in [6.45, 7) is 2.95. The number of carbonyl (C=O) groups excluding carboxylic acids is 3. The van der Waals surface area contributed by atoms with Crippen LogP contribution in [0.2, 0.25) is 0 Å². The molecular formula is C21H24N2O5S. The Morgan fingerprint density at radius 3 is 2.59 bits per heavy atom. The molecule has 1 aliphatic heterocycles. The van der Waals surface area contributed by atoms with Crippen LogP contribution in [0.25, 0.3) is 0 Å². The van der Waals surface area contributed by atoms with Gasteiger partial charge in [-0.25, -0.2) is 4.79 Å². The van der Waals surface area contributed by atoms with Gasteiger partial charge in [-0.3, -0.25) is 9.59 Å². The Bertz CT molecular complexity index is 855. The molecule has 8 heteroatoms. The smallest absolute Gasteiger partial charge is 0.330 e. The molecule has 29 heavy (non-hydrogen) atoms. The Balaban J connectivity index is 1.59. The molecule has 0 N–H and O–H groups in total. The normalized spacial score (nSPS) is 19.6. The first-order valence-electron chi connectivity index (χ1n) is 9.31. The van der Waals surface area contributed by atoms with Crippen molar-refractivity contribution in [3.05, 3.63) is 60.1 Å². The molecular weight excluding hydrogens is 392 g/mol. The number of hydrogen-bond acceptors (Lipinski definition) is 6. The van der Waals surface area contributed by atoms with Crippen LogP contribution in [0.3, 0.4) is 0 Å². The molecule has 1 aliphatic rings. The van der Waals surface area contributed by atoms with Crippen LogP contribution in [-0.2, 0) is 19.1 Å². The molecule has 2 amide bonds. The maximum atomic E-state index is 12.6. The van der Waals surface area contributed by atoms with Gasteiger partial charge < -0.3 is 19.0 Å². The lowest BCUT2D eigenvalue weighted by atomic mass is 10.1. The first-order valence-corrected chi connectivity index (χ1v) is 10.4. The molecule has 1 aromatic heterocycles. The second kappa shape index (κ2) is 9.17. The molecule has 0 spiro atoms. The monoisotopic (exact) mass is 416 g/mol. The van der Waals surface area contributed by atoms with Crippen molar-refractivity contribution in [3.8, 4) is 0 Å². The van der Waals surface area contributed by atoms with Crippen molar-refractivity contribution in [3.63, 3.8) is 0 Å². The van der Waals surface area contributed by atoms with Crippen LogP contribution >= 0.6 is 11.8 Å². The first-order chi connectivity index (χ1) is 13.9. The van der Waals surface area contributed by atoms with Crippen molar-refractivity contribution >= 4 is 29.5 Å². The van der Waals surface area contributed by atoms with E-state index in [9.17, 15) is 14.4 Å². The van der Waals surface area contributed by atoms with E-state index in [4.69, 9.17) is 9.15 Å². The largest absolute Gasteiger partial charge is 0.466 e. The molecule has 0 bridgehead atoms. The molecule has 0 unspecified atom stereocenters. The summed E-state index contributed by atoms with van der Waals surface area (Å²) in [6, 6.07) is 12.2. The zero-order valence-corrected chi connectivity index (χ0v) is 17.4. The number of ether oxygens (including phenoxy) is 1. The number of carbonyl (C=O) groups is 3. The fourth-order valence-corrected chi connectivity index (χ4v) is 4.64. The highest BCUT2D eigenvalue weighted by molar-refractivity contribution is 7.99. The fourth-order valence-electron chi connectivity index (χ4n) is 3.23. The third-order valence-electron chi connectivity index (χ3n) is 5.02. The topological polar surface area (TPSA) is 80.1 Å². The van der Waals surface area contributed by atoms with E-state index in [2.05, 4.69) is 0 Å². The number of rotatable bonds is 6. The summed E-state index contributed by atoms with van der Waals surface area (Å²) >= 11 is 1.43. The van der Waals surface area contributed by atoms with E-state index in [1.54, 1.807) is 24.1 Å². The lowest BCUT2D eigenvalue weighted by Crippen LogP contribution is -2.44. The number of nitrogens with zero attached hydrogens (tertiary/aromatic N) is 2. The van der Waals surface area contributed by atoms with Gasteiger partial charge in [0.05, 0.1) is 12.3 Å². The zero-order chi connectivity index (χ0) is 21.0. The standard InChI is InChI=1S/C21H24N2O5S/c1-14(16-8-5-4-6-9-16)22(3)19(25)12-28-21(26)17-13-29-20(23(17)15(2)24)18-10-7-11-27-18/h4-11,14,17,20H,12-13H2,1-3H3/t14-,17+,20-/m1/s1. The van der Waals surface area contributed by atoms with Crippen molar-refractivity contribution < 1.29 is 23.5 Å². The molecule has 0 saturated carbocycles.